The average molecular weight is 266 g/mol. The van der Waals surface area contributed by atoms with Crippen molar-refractivity contribution in [3.63, 3.8) is 0 Å². The molecule has 1 aromatic carbocycles. The fourth-order valence-electron chi connectivity index (χ4n) is 1.82. The maximum absolute atomic E-state index is 12.0. The molecule has 1 aromatic rings. The van der Waals surface area contributed by atoms with Crippen LogP contribution >= 0.6 is 11.6 Å². The summed E-state index contributed by atoms with van der Waals surface area (Å²) in [7, 11) is 0. The van der Waals surface area contributed by atoms with E-state index in [2.05, 4.69) is 6.07 Å². The Bertz CT molecular complexity index is 452. The highest BCUT2D eigenvalue weighted by Crippen LogP contribution is 2.19. The Balaban J connectivity index is 3.12. The van der Waals surface area contributed by atoms with E-state index in [-0.39, 0.29) is 12.4 Å². The van der Waals surface area contributed by atoms with Gasteiger partial charge in [0.2, 0.25) is 0 Å². The second-order valence-electron chi connectivity index (χ2n) is 3.80. The number of ether oxygens (including phenoxy) is 1. The van der Waals surface area contributed by atoms with Gasteiger partial charge in [0, 0.05) is 5.88 Å². The molecule has 0 aliphatic heterocycles. The van der Waals surface area contributed by atoms with Gasteiger partial charge in [0.15, 0.2) is 0 Å². The maximum Gasteiger partial charge on any atom is 0.338 e. The lowest BCUT2D eigenvalue weighted by Crippen LogP contribution is -2.12. The van der Waals surface area contributed by atoms with Gasteiger partial charge in [-0.1, -0.05) is 18.2 Å². The summed E-state index contributed by atoms with van der Waals surface area (Å²) in [5.74, 6) is 0.193. The first-order valence-corrected chi connectivity index (χ1v) is 6.48. The Labute approximate surface area is 112 Å². The molecule has 0 saturated carbocycles. The summed E-state index contributed by atoms with van der Waals surface area (Å²) in [6.07, 6.45) is 1.73. The van der Waals surface area contributed by atoms with E-state index in [0.717, 1.165) is 24.0 Å². The molecule has 0 aromatic heterocycles. The van der Waals surface area contributed by atoms with Gasteiger partial charge in [0.1, 0.15) is 0 Å². The van der Waals surface area contributed by atoms with Gasteiger partial charge in [-0.2, -0.15) is 5.26 Å². The van der Waals surface area contributed by atoms with Crippen LogP contribution in [0.25, 0.3) is 0 Å². The number of esters is 1. The van der Waals surface area contributed by atoms with Gasteiger partial charge in [-0.3, -0.25) is 0 Å². The molecule has 3 nitrogen and oxygen atoms in total. The standard InChI is InChI=1S/C14H16ClNO2/c1-2-18-14(17)13-11(7-4-9-15)5-3-6-12(13)8-10-16/h3,5-6H,2,4,7-9H2,1H3. The molecule has 0 radical (unpaired) electrons. The number of nitrogens with zero attached hydrogens (tertiary/aromatic N) is 1. The number of nitriles is 1. The topological polar surface area (TPSA) is 50.1 Å². The highest BCUT2D eigenvalue weighted by Gasteiger charge is 2.16. The van der Waals surface area contributed by atoms with Crippen molar-refractivity contribution in [2.24, 2.45) is 0 Å². The zero-order valence-electron chi connectivity index (χ0n) is 10.4. The van der Waals surface area contributed by atoms with E-state index in [0.29, 0.717) is 18.1 Å². The predicted octanol–water partition coefficient (Wildman–Crippen LogP) is 3.10. The lowest BCUT2D eigenvalue weighted by atomic mass is 9.96. The van der Waals surface area contributed by atoms with Crippen molar-refractivity contribution in [3.8, 4) is 6.07 Å². The van der Waals surface area contributed by atoms with E-state index in [1.165, 1.54) is 0 Å². The average Bonchev–Trinajstić information content (AvgIpc) is 2.37. The van der Waals surface area contributed by atoms with Crippen molar-refractivity contribution in [2.45, 2.75) is 26.2 Å². The van der Waals surface area contributed by atoms with E-state index < -0.39 is 0 Å². The fourth-order valence-corrected chi connectivity index (χ4v) is 1.95. The number of carbonyl (C=O) groups excluding carboxylic acids is 1. The van der Waals surface area contributed by atoms with Crippen molar-refractivity contribution >= 4 is 17.6 Å². The molecule has 0 amide bonds. The molecule has 0 aliphatic carbocycles. The molecule has 4 heteroatoms. The van der Waals surface area contributed by atoms with Gasteiger partial charge >= 0.3 is 5.97 Å². The molecule has 1 rings (SSSR count). The van der Waals surface area contributed by atoms with E-state index in [1.54, 1.807) is 13.0 Å². The molecule has 0 saturated heterocycles. The SMILES string of the molecule is CCOC(=O)c1c(CC#N)cccc1CCCCl. The lowest BCUT2D eigenvalue weighted by Gasteiger charge is -2.11. The summed E-state index contributed by atoms with van der Waals surface area (Å²) in [6, 6.07) is 7.61. The Morgan fingerprint density at radius 3 is 2.78 bits per heavy atom. The van der Waals surface area contributed by atoms with Crippen molar-refractivity contribution in [1.82, 2.24) is 0 Å². The number of hydrogen-bond acceptors (Lipinski definition) is 3. The summed E-state index contributed by atoms with van der Waals surface area (Å²) in [5, 5.41) is 8.80. The van der Waals surface area contributed by atoms with Crippen LogP contribution in [0.1, 0.15) is 34.8 Å². The van der Waals surface area contributed by atoms with Gasteiger partial charge in [-0.25, -0.2) is 4.79 Å². The van der Waals surface area contributed by atoms with Crippen molar-refractivity contribution in [2.75, 3.05) is 12.5 Å². The van der Waals surface area contributed by atoms with Crippen LogP contribution in [0, 0.1) is 11.3 Å². The first kappa shape index (κ1) is 14.5. The number of alkyl halides is 1. The largest absolute Gasteiger partial charge is 0.462 e. The van der Waals surface area contributed by atoms with Crippen molar-refractivity contribution < 1.29 is 9.53 Å². The molecule has 0 unspecified atom stereocenters. The Morgan fingerprint density at radius 1 is 1.44 bits per heavy atom. The van der Waals surface area contributed by atoms with Crippen molar-refractivity contribution in [3.05, 3.63) is 34.9 Å². The van der Waals surface area contributed by atoms with E-state index in [9.17, 15) is 4.79 Å². The predicted molar refractivity (Wildman–Crippen MR) is 70.8 cm³/mol. The van der Waals surface area contributed by atoms with Crippen LogP contribution in [0.2, 0.25) is 0 Å². The van der Waals surface area contributed by atoms with Gasteiger partial charge in [-0.15, -0.1) is 11.6 Å². The monoisotopic (exact) mass is 265 g/mol. The van der Waals surface area contributed by atoms with Gasteiger partial charge < -0.3 is 4.74 Å². The minimum Gasteiger partial charge on any atom is -0.462 e. The lowest BCUT2D eigenvalue weighted by molar-refractivity contribution is 0.0524. The number of aryl methyl sites for hydroxylation is 1. The van der Waals surface area contributed by atoms with Crippen LogP contribution in [-0.2, 0) is 17.6 Å². The van der Waals surface area contributed by atoms with Crippen LogP contribution in [0.4, 0.5) is 0 Å². The van der Waals surface area contributed by atoms with Crippen LogP contribution in [0.5, 0.6) is 0 Å². The summed E-state index contributed by atoms with van der Waals surface area (Å²) in [6.45, 7) is 2.10. The van der Waals surface area contributed by atoms with Crippen LogP contribution < -0.4 is 0 Å². The van der Waals surface area contributed by atoms with Gasteiger partial charge in [-0.05, 0) is 30.9 Å². The van der Waals surface area contributed by atoms with Crippen molar-refractivity contribution in [1.29, 1.82) is 5.26 Å². The first-order valence-electron chi connectivity index (χ1n) is 5.95. The van der Waals surface area contributed by atoms with Gasteiger partial charge in [0.25, 0.3) is 0 Å². The molecule has 0 heterocycles. The summed E-state index contributed by atoms with van der Waals surface area (Å²) < 4.78 is 5.05. The first-order chi connectivity index (χ1) is 8.74. The number of hydrogen-bond donors (Lipinski definition) is 0. The Kier molecular flexibility index (Phi) is 6.24. The number of rotatable bonds is 6. The summed E-state index contributed by atoms with van der Waals surface area (Å²) >= 11 is 5.68. The Hall–Kier alpha value is -1.53. The third-order valence-corrected chi connectivity index (χ3v) is 2.83. The number of carbonyl (C=O) groups is 1. The fraction of sp³-hybridized carbons (Fsp3) is 0.429. The quantitative estimate of drug-likeness (QED) is 0.587. The molecule has 0 bridgehead atoms. The number of benzene rings is 1. The zero-order valence-corrected chi connectivity index (χ0v) is 11.2. The van der Waals surface area contributed by atoms with Crippen LogP contribution in [0.15, 0.2) is 18.2 Å². The zero-order chi connectivity index (χ0) is 13.4. The molecule has 0 N–H and O–H groups in total. The molecule has 0 spiro atoms. The molecule has 0 aliphatic rings. The Morgan fingerprint density at radius 2 is 2.17 bits per heavy atom. The van der Waals surface area contributed by atoms with E-state index >= 15 is 0 Å². The highest BCUT2D eigenvalue weighted by molar-refractivity contribution is 6.17. The second-order valence-corrected chi connectivity index (χ2v) is 4.18. The normalized spacial score (nSPS) is 9.83. The maximum atomic E-state index is 12.0. The van der Waals surface area contributed by atoms with Crippen LogP contribution in [0.3, 0.4) is 0 Å². The highest BCUT2D eigenvalue weighted by atomic mass is 35.5. The third-order valence-electron chi connectivity index (χ3n) is 2.57. The molecular weight excluding hydrogens is 250 g/mol. The number of halogens is 1. The second kappa shape index (κ2) is 7.73. The minimum absolute atomic E-state index is 0.211. The van der Waals surface area contributed by atoms with Gasteiger partial charge in [0.05, 0.1) is 24.7 Å². The third kappa shape index (κ3) is 3.75. The summed E-state index contributed by atoms with van der Waals surface area (Å²) in [4.78, 5) is 12.0. The van der Waals surface area contributed by atoms with Crippen LogP contribution in [-0.4, -0.2) is 18.5 Å². The minimum atomic E-state index is -0.354. The van der Waals surface area contributed by atoms with E-state index in [1.807, 2.05) is 12.1 Å². The summed E-state index contributed by atoms with van der Waals surface area (Å²) in [5.41, 5.74) is 2.16. The molecule has 96 valence electrons. The van der Waals surface area contributed by atoms with E-state index in [4.69, 9.17) is 21.6 Å². The molecular formula is C14H16ClNO2. The molecule has 0 atom stereocenters. The molecule has 18 heavy (non-hydrogen) atoms. The molecule has 0 fully saturated rings. The smallest absolute Gasteiger partial charge is 0.338 e.